The van der Waals surface area contributed by atoms with Gasteiger partial charge < -0.3 is 10.1 Å². The fourth-order valence-corrected chi connectivity index (χ4v) is 2.32. The molecule has 28 heavy (non-hydrogen) atoms. The van der Waals surface area contributed by atoms with Crippen molar-refractivity contribution in [1.29, 1.82) is 0 Å². The van der Waals surface area contributed by atoms with Gasteiger partial charge in [0.25, 0.3) is 0 Å². The average molecular weight is 373 g/mol. The molecule has 0 aliphatic carbocycles. The van der Waals surface area contributed by atoms with Crippen molar-refractivity contribution in [2.75, 3.05) is 5.32 Å². The Morgan fingerprint density at radius 1 is 0.821 bits per heavy atom. The van der Waals surface area contributed by atoms with Gasteiger partial charge in [0, 0.05) is 5.69 Å². The second-order valence-electron chi connectivity index (χ2n) is 5.86. The molecule has 3 aromatic rings. The molecule has 0 saturated carbocycles. The zero-order chi connectivity index (χ0) is 19.6. The number of nitrogens with one attached hydrogen (secondary N) is 2. The van der Waals surface area contributed by atoms with E-state index in [1.807, 2.05) is 48.5 Å². The number of benzene rings is 3. The lowest BCUT2D eigenvalue weighted by atomic mass is 10.2. The van der Waals surface area contributed by atoms with Crippen LogP contribution in [0.15, 0.2) is 90.0 Å². The van der Waals surface area contributed by atoms with Gasteiger partial charge in [-0.1, -0.05) is 48.5 Å². The van der Waals surface area contributed by atoms with Crippen LogP contribution in [-0.2, 0) is 16.2 Å². The van der Waals surface area contributed by atoms with Crippen LogP contribution >= 0.6 is 0 Å². The Labute approximate surface area is 162 Å². The van der Waals surface area contributed by atoms with Crippen molar-refractivity contribution in [3.8, 4) is 5.75 Å². The third-order valence-corrected chi connectivity index (χ3v) is 3.75. The zero-order valence-electron chi connectivity index (χ0n) is 15.0. The molecule has 2 amide bonds. The number of hydrogen-bond donors (Lipinski definition) is 2. The quantitative estimate of drug-likeness (QED) is 0.395. The van der Waals surface area contributed by atoms with E-state index in [0.717, 1.165) is 16.9 Å². The molecule has 2 N–H and O–H groups in total. The number of nitrogens with zero attached hydrogens (tertiary/aromatic N) is 1. The Kier molecular flexibility index (Phi) is 6.52. The average Bonchev–Trinajstić information content (AvgIpc) is 2.74. The minimum atomic E-state index is -0.845. The second-order valence-corrected chi connectivity index (χ2v) is 5.86. The normalized spacial score (nSPS) is 10.4. The number of rotatable bonds is 6. The predicted molar refractivity (Wildman–Crippen MR) is 108 cm³/mol. The fraction of sp³-hybridized carbons (Fsp3) is 0.0455. The SMILES string of the molecule is O=C(NN=Cc1ccc(OCc2ccccc2)cc1)C(=O)Nc1ccccc1. The molecule has 0 saturated heterocycles. The minimum Gasteiger partial charge on any atom is -0.489 e. The van der Waals surface area contributed by atoms with E-state index in [2.05, 4.69) is 15.8 Å². The second kappa shape index (κ2) is 9.68. The summed E-state index contributed by atoms with van der Waals surface area (Å²) in [7, 11) is 0. The summed E-state index contributed by atoms with van der Waals surface area (Å²) in [6.45, 7) is 0.487. The van der Waals surface area contributed by atoms with Crippen LogP contribution in [0.5, 0.6) is 5.75 Å². The molecule has 6 heteroatoms. The Morgan fingerprint density at radius 3 is 2.14 bits per heavy atom. The van der Waals surface area contributed by atoms with Crippen LogP contribution in [0, 0.1) is 0 Å². The summed E-state index contributed by atoms with van der Waals surface area (Å²) in [6.07, 6.45) is 1.45. The van der Waals surface area contributed by atoms with Crippen molar-refractivity contribution in [3.63, 3.8) is 0 Å². The van der Waals surface area contributed by atoms with Gasteiger partial charge in [-0.2, -0.15) is 5.10 Å². The number of amides is 2. The molecule has 3 rings (SSSR count). The zero-order valence-corrected chi connectivity index (χ0v) is 15.0. The molecule has 0 aliphatic heterocycles. The van der Waals surface area contributed by atoms with E-state index in [1.54, 1.807) is 36.4 Å². The maximum Gasteiger partial charge on any atom is 0.329 e. The van der Waals surface area contributed by atoms with Gasteiger partial charge in [0.2, 0.25) is 0 Å². The van der Waals surface area contributed by atoms with Crippen LogP contribution in [0.4, 0.5) is 5.69 Å². The van der Waals surface area contributed by atoms with E-state index in [0.29, 0.717) is 12.3 Å². The smallest absolute Gasteiger partial charge is 0.329 e. The van der Waals surface area contributed by atoms with Crippen molar-refractivity contribution in [3.05, 3.63) is 96.1 Å². The van der Waals surface area contributed by atoms with Crippen LogP contribution in [0.2, 0.25) is 0 Å². The monoisotopic (exact) mass is 373 g/mol. The first-order chi connectivity index (χ1) is 13.7. The molecule has 0 aliphatic rings. The van der Waals surface area contributed by atoms with E-state index < -0.39 is 11.8 Å². The number of hydrogen-bond acceptors (Lipinski definition) is 4. The predicted octanol–water partition coefficient (Wildman–Crippen LogP) is 3.35. The summed E-state index contributed by atoms with van der Waals surface area (Å²) < 4.78 is 5.71. The van der Waals surface area contributed by atoms with Crippen molar-refractivity contribution in [2.24, 2.45) is 5.10 Å². The maximum atomic E-state index is 11.8. The Bertz CT molecular complexity index is 940. The third kappa shape index (κ3) is 5.81. The van der Waals surface area contributed by atoms with Gasteiger partial charge in [-0.15, -0.1) is 0 Å². The topological polar surface area (TPSA) is 79.8 Å². The summed E-state index contributed by atoms with van der Waals surface area (Å²) in [5.74, 6) is -0.900. The summed E-state index contributed by atoms with van der Waals surface area (Å²) >= 11 is 0. The minimum absolute atomic E-state index is 0.487. The number of para-hydroxylation sites is 1. The summed E-state index contributed by atoms with van der Waals surface area (Å²) in [6, 6.07) is 25.8. The van der Waals surface area contributed by atoms with E-state index in [4.69, 9.17) is 4.74 Å². The van der Waals surface area contributed by atoms with Gasteiger partial charge in [-0.05, 0) is 47.5 Å². The van der Waals surface area contributed by atoms with Crippen molar-refractivity contribution < 1.29 is 14.3 Å². The van der Waals surface area contributed by atoms with Crippen LogP contribution in [0.25, 0.3) is 0 Å². The Balaban J connectivity index is 1.46. The fourth-order valence-electron chi connectivity index (χ4n) is 2.32. The Morgan fingerprint density at radius 2 is 1.46 bits per heavy atom. The van der Waals surface area contributed by atoms with E-state index in [1.165, 1.54) is 6.21 Å². The third-order valence-electron chi connectivity index (χ3n) is 3.75. The van der Waals surface area contributed by atoms with Crippen molar-refractivity contribution in [1.82, 2.24) is 5.43 Å². The summed E-state index contributed by atoms with van der Waals surface area (Å²) in [5, 5.41) is 6.29. The van der Waals surface area contributed by atoms with E-state index in [9.17, 15) is 9.59 Å². The molecule has 0 atom stereocenters. The molecule has 0 radical (unpaired) electrons. The number of carbonyl (C=O) groups excluding carboxylic acids is 2. The van der Waals surface area contributed by atoms with Gasteiger partial charge in [0.05, 0.1) is 6.21 Å². The van der Waals surface area contributed by atoms with E-state index in [-0.39, 0.29) is 0 Å². The highest BCUT2D eigenvalue weighted by Crippen LogP contribution is 2.13. The van der Waals surface area contributed by atoms with Crippen molar-refractivity contribution in [2.45, 2.75) is 6.61 Å². The van der Waals surface area contributed by atoms with Gasteiger partial charge in [0.15, 0.2) is 0 Å². The summed E-state index contributed by atoms with van der Waals surface area (Å²) in [5.41, 5.74) is 4.59. The largest absolute Gasteiger partial charge is 0.489 e. The lowest BCUT2D eigenvalue weighted by Gasteiger charge is -2.06. The first-order valence-corrected chi connectivity index (χ1v) is 8.67. The number of anilines is 1. The van der Waals surface area contributed by atoms with Crippen molar-refractivity contribution >= 4 is 23.7 Å². The maximum absolute atomic E-state index is 11.8. The first kappa shape index (κ1) is 18.8. The molecule has 0 heterocycles. The van der Waals surface area contributed by atoms with E-state index >= 15 is 0 Å². The highest BCUT2D eigenvalue weighted by Gasteiger charge is 2.12. The molecule has 0 aromatic heterocycles. The van der Waals surface area contributed by atoms with Crippen LogP contribution in [-0.4, -0.2) is 18.0 Å². The standard InChI is InChI=1S/C22H19N3O3/c26-21(24-19-9-5-2-6-10-19)22(27)25-23-15-17-11-13-20(14-12-17)28-16-18-7-3-1-4-8-18/h1-15H,16H2,(H,24,26)(H,25,27). The molecule has 140 valence electrons. The highest BCUT2D eigenvalue weighted by atomic mass is 16.5. The molecule has 0 spiro atoms. The van der Waals surface area contributed by atoms with Crippen LogP contribution in [0.1, 0.15) is 11.1 Å². The van der Waals surface area contributed by atoms with Crippen LogP contribution < -0.4 is 15.5 Å². The number of carbonyl (C=O) groups is 2. The van der Waals surface area contributed by atoms with Gasteiger partial charge in [-0.25, -0.2) is 5.43 Å². The van der Waals surface area contributed by atoms with Gasteiger partial charge >= 0.3 is 11.8 Å². The van der Waals surface area contributed by atoms with Gasteiger partial charge in [-0.3, -0.25) is 9.59 Å². The highest BCUT2D eigenvalue weighted by molar-refractivity contribution is 6.39. The molecule has 0 bridgehead atoms. The van der Waals surface area contributed by atoms with Gasteiger partial charge in [0.1, 0.15) is 12.4 Å². The lowest BCUT2D eigenvalue weighted by molar-refractivity contribution is -0.136. The molecular weight excluding hydrogens is 354 g/mol. The molecule has 0 fully saturated rings. The molecular formula is C22H19N3O3. The molecule has 6 nitrogen and oxygen atoms in total. The summed E-state index contributed by atoms with van der Waals surface area (Å²) in [4.78, 5) is 23.5. The molecule has 0 unspecified atom stereocenters. The number of hydrazone groups is 1. The number of ether oxygens (including phenoxy) is 1. The lowest BCUT2D eigenvalue weighted by Crippen LogP contribution is -2.32. The first-order valence-electron chi connectivity index (χ1n) is 8.67. The molecule has 3 aromatic carbocycles. The Hall–Kier alpha value is -3.93. The van der Waals surface area contributed by atoms with Crippen LogP contribution in [0.3, 0.4) is 0 Å².